The Bertz CT molecular complexity index is 1200. The first-order valence-electron chi connectivity index (χ1n) is 9.77. The highest BCUT2D eigenvalue weighted by Crippen LogP contribution is 2.22. The summed E-state index contributed by atoms with van der Waals surface area (Å²) in [6.45, 7) is 4.92. The van der Waals surface area contributed by atoms with Gasteiger partial charge in [0.25, 0.3) is 11.6 Å². The first-order valence-corrected chi connectivity index (χ1v) is 9.77. The molecule has 0 aliphatic rings. The number of ether oxygens (including phenoxy) is 1. The molecule has 0 atom stereocenters. The Balaban J connectivity index is 1.61. The van der Waals surface area contributed by atoms with Crippen molar-refractivity contribution < 1.29 is 19.2 Å². The largest absolute Gasteiger partial charge is 0.452 e. The number of esters is 1. The zero-order valence-corrected chi connectivity index (χ0v) is 17.9. The van der Waals surface area contributed by atoms with E-state index in [1.807, 2.05) is 44.2 Å². The molecule has 0 unspecified atom stereocenters. The van der Waals surface area contributed by atoms with Gasteiger partial charge in [0, 0.05) is 29.5 Å². The van der Waals surface area contributed by atoms with Gasteiger partial charge in [0.05, 0.1) is 22.0 Å². The van der Waals surface area contributed by atoms with Gasteiger partial charge in [-0.05, 0) is 44.5 Å². The quantitative estimate of drug-likeness (QED) is 0.261. The number of hydrogen-bond acceptors (Lipinski definition) is 6. The number of nitro groups is 1. The zero-order valence-electron chi connectivity index (χ0n) is 17.9. The van der Waals surface area contributed by atoms with Crippen molar-refractivity contribution in [2.24, 2.45) is 0 Å². The number of carbonyl (C=O) groups excluding carboxylic acids is 2. The van der Waals surface area contributed by atoms with Crippen LogP contribution in [0.3, 0.4) is 0 Å². The second kappa shape index (κ2) is 9.69. The van der Waals surface area contributed by atoms with Crippen LogP contribution in [-0.2, 0) is 14.3 Å². The lowest BCUT2D eigenvalue weighted by atomic mass is 10.2. The molecule has 0 spiro atoms. The van der Waals surface area contributed by atoms with Crippen LogP contribution in [-0.4, -0.2) is 33.2 Å². The third-order valence-corrected chi connectivity index (χ3v) is 4.79. The van der Waals surface area contributed by atoms with Crippen molar-refractivity contribution in [3.8, 4) is 5.69 Å². The third kappa shape index (κ3) is 5.25. The highest BCUT2D eigenvalue weighted by Gasteiger charge is 2.13. The molecule has 0 radical (unpaired) electrons. The number of hydrogen-bond donors (Lipinski definition) is 1. The second-order valence-electron chi connectivity index (χ2n) is 7.08. The standard InChI is InChI=1S/C23H22N4O5/c1-15-9-10-19(27(30)31)13-21(15)24-22(28)14-32-23(29)12-11-20-16(2)25-26(17(20)3)18-7-5-4-6-8-18/h4-13H,14H2,1-3H3,(H,24,28)/b12-11+. The number of nitro benzene ring substituents is 1. The van der Waals surface area contributed by atoms with Crippen LogP contribution in [0.15, 0.2) is 54.6 Å². The lowest BCUT2D eigenvalue weighted by Gasteiger charge is -2.08. The average molecular weight is 434 g/mol. The number of carbonyl (C=O) groups is 2. The van der Waals surface area contributed by atoms with Crippen LogP contribution >= 0.6 is 0 Å². The highest BCUT2D eigenvalue weighted by molar-refractivity contribution is 5.95. The topological polar surface area (TPSA) is 116 Å². The summed E-state index contributed by atoms with van der Waals surface area (Å²) < 4.78 is 6.77. The fraction of sp³-hybridized carbons (Fsp3) is 0.174. The van der Waals surface area contributed by atoms with Crippen LogP contribution in [0.2, 0.25) is 0 Å². The van der Waals surface area contributed by atoms with Gasteiger partial charge >= 0.3 is 5.97 Å². The molecule has 1 amide bonds. The molecule has 3 rings (SSSR count). The van der Waals surface area contributed by atoms with E-state index in [2.05, 4.69) is 10.4 Å². The van der Waals surface area contributed by atoms with Gasteiger partial charge in [0.15, 0.2) is 6.61 Å². The number of nitrogens with zero attached hydrogens (tertiary/aromatic N) is 3. The summed E-state index contributed by atoms with van der Waals surface area (Å²) in [6.07, 6.45) is 2.83. The van der Waals surface area contributed by atoms with Crippen molar-refractivity contribution >= 4 is 29.3 Å². The number of aromatic nitrogens is 2. The molecule has 0 saturated carbocycles. The number of para-hydroxylation sites is 1. The molecule has 9 nitrogen and oxygen atoms in total. The van der Waals surface area contributed by atoms with Gasteiger partial charge in [0.2, 0.25) is 0 Å². The molecule has 1 heterocycles. The Morgan fingerprint density at radius 1 is 1.16 bits per heavy atom. The molecular formula is C23H22N4O5. The summed E-state index contributed by atoms with van der Waals surface area (Å²) in [6, 6.07) is 13.7. The number of rotatable bonds is 7. The molecule has 32 heavy (non-hydrogen) atoms. The van der Waals surface area contributed by atoms with Gasteiger partial charge in [-0.2, -0.15) is 5.10 Å². The minimum absolute atomic E-state index is 0.146. The van der Waals surface area contributed by atoms with Crippen molar-refractivity contribution in [1.82, 2.24) is 9.78 Å². The van der Waals surface area contributed by atoms with E-state index in [1.54, 1.807) is 17.7 Å². The van der Waals surface area contributed by atoms with Gasteiger partial charge in [0.1, 0.15) is 0 Å². The van der Waals surface area contributed by atoms with Gasteiger partial charge in [-0.25, -0.2) is 9.48 Å². The van der Waals surface area contributed by atoms with Crippen LogP contribution in [0.4, 0.5) is 11.4 Å². The summed E-state index contributed by atoms with van der Waals surface area (Å²) in [5.41, 5.74) is 4.08. The van der Waals surface area contributed by atoms with Gasteiger partial charge in [-0.3, -0.25) is 14.9 Å². The predicted molar refractivity (Wildman–Crippen MR) is 119 cm³/mol. The van der Waals surface area contributed by atoms with Gasteiger partial charge in [-0.1, -0.05) is 24.3 Å². The number of amides is 1. The fourth-order valence-corrected chi connectivity index (χ4v) is 3.10. The van der Waals surface area contributed by atoms with Crippen molar-refractivity contribution in [2.45, 2.75) is 20.8 Å². The SMILES string of the molecule is Cc1ccc([N+](=O)[O-])cc1NC(=O)COC(=O)/C=C/c1c(C)nn(-c2ccccc2)c1C. The molecule has 2 aromatic carbocycles. The van der Waals surface area contributed by atoms with E-state index in [9.17, 15) is 19.7 Å². The van der Waals surface area contributed by atoms with Crippen LogP contribution in [0.1, 0.15) is 22.5 Å². The zero-order chi connectivity index (χ0) is 23.3. The summed E-state index contributed by atoms with van der Waals surface area (Å²) in [5.74, 6) is -1.29. The Labute approximate surface area is 184 Å². The smallest absolute Gasteiger partial charge is 0.331 e. The average Bonchev–Trinajstić information content (AvgIpc) is 3.06. The van der Waals surface area contributed by atoms with Crippen LogP contribution in [0.5, 0.6) is 0 Å². The molecule has 0 saturated heterocycles. The van der Waals surface area contributed by atoms with Crippen LogP contribution in [0, 0.1) is 30.9 Å². The maximum absolute atomic E-state index is 12.1. The van der Waals surface area contributed by atoms with Crippen molar-refractivity contribution in [3.05, 3.63) is 87.2 Å². The molecular weight excluding hydrogens is 412 g/mol. The van der Waals surface area contributed by atoms with E-state index >= 15 is 0 Å². The van der Waals surface area contributed by atoms with E-state index in [0.29, 0.717) is 5.56 Å². The molecule has 3 aromatic rings. The normalized spacial score (nSPS) is 10.8. The summed E-state index contributed by atoms with van der Waals surface area (Å²) in [7, 11) is 0. The molecule has 0 fully saturated rings. The molecule has 0 aliphatic heterocycles. The summed E-state index contributed by atoms with van der Waals surface area (Å²) in [4.78, 5) is 34.5. The lowest BCUT2D eigenvalue weighted by Crippen LogP contribution is -2.20. The molecule has 9 heteroatoms. The molecule has 0 bridgehead atoms. The second-order valence-corrected chi connectivity index (χ2v) is 7.08. The van der Waals surface area contributed by atoms with E-state index in [0.717, 1.165) is 22.6 Å². The highest BCUT2D eigenvalue weighted by atomic mass is 16.6. The predicted octanol–water partition coefficient (Wildman–Crippen LogP) is 3.90. The molecule has 1 aromatic heterocycles. The van der Waals surface area contributed by atoms with Crippen molar-refractivity contribution in [2.75, 3.05) is 11.9 Å². The number of anilines is 1. The number of benzene rings is 2. The Morgan fingerprint density at radius 3 is 2.56 bits per heavy atom. The maximum atomic E-state index is 12.1. The van der Waals surface area contributed by atoms with E-state index in [1.165, 1.54) is 24.3 Å². The Kier molecular flexibility index (Phi) is 6.79. The molecule has 0 aliphatic carbocycles. The fourth-order valence-electron chi connectivity index (χ4n) is 3.10. The monoisotopic (exact) mass is 434 g/mol. The van der Waals surface area contributed by atoms with Crippen molar-refractivity contribution in [3.63, 3.8) is 0 Å². The van der Waals surface area contributed by atoms with Crippen LogP contribution in [0.25, 0.3) is 11.8 Å². The third-order valence-electron chi connectivity index (χ3n) is 4.79. The molecule has 164 valence electrons. The number of nitrogens with one attached hydrogen (secondary N) is 1. The summed E-state index contributed by atoms with van der Waals surface area (Å²) in [5, 5.41) is 17.9. The van der Waals surface area contributed by atoms with E-state index < -0.39 is 23.4 Å². The Hall–Kier alpha value is -4.27. The number of aryl methyl sites for hydroxylation is 2. The maximum Gasteiger partial charge on any atom is 0.331 e. The number of non-ortho nitro benzene ring substituents is 1. The lowest BCUT2D eigenvalue weighted by molar-refractivity contribution is -0.384. The Morgan fingerprint density at radius 2 is 1.88 bits per heavy atom. The first-order chi connectivity index (χ1) is 15.3. The van der Waals surface area contributed by atoms with Gasteiger partial charge < -0.3 is 10.1 Å². The first kappa shape index (κ1) is 22.4. The minimum Gasteiger partial charge on any atom is -0.452 e. The van der Waals surface area contributed by atoms with E-state index in [-0.39, 0.29) is 11.4 Å². The minimum atomic E-state index is -0.692. The van der Waals surface area contributed by atoms with E-state index in [4.69, 9.17) is 4.74 Å². The van der Waals surface area contributed by atoms with Crippen molar-refractivity contribution in [1.29, 1.82) is 0 Å². The van der Waals surface area contributed by atoms with Gasteiger partial charge in [-0.15, -0.1) is 0 Å². The van der Waals surface area contributed by atoms with Crippen LogP contribution < -0.4 is 5.32 Å². The molecule has 1 N–H and O–H groups in total. The summed E-state index contributed by atoms with van der Waals surface area (Å²) >= 11 is 0.